The van der Waals surface area contributed by atoms with Crippen molar-refractivity contribution in [2.75, 3.05) is 0 Å². The maximum absolute atomic E-state index is 11.2. The molecule has 0 amide bonds. The second-order valence-electron chi connectivity index (χ2n) is 4.93. The van der Waals surface area contributed by atoms with Crippen LogP contribution in [0.3, 0.4) is 0 Å². The van der Waals surface area contributed by atoms with Gasteiger partial charge in [0, 0.05) is 4.47 Å². The number of rotatable bonds is 3. The molecule has 1 saturated carbocycles. The zero-order valence-corrected chi connectivity index (χ0v) is 11.9. The summed E-state index contributed by atoms with van der Waals surface area (Å²) >= 11 is 3.26. The third-order valence-corrected chi connectivity index (χ3v) is 4.03. The third-order valence-electron chi connectivity index (χ3n) is 3.37. The van der Waals surface area contributed by atoms with E-state index in [-0.39, 0.29) is 11.7 Å². The van der Waals surface area contributed by atoms with Gasteiger partial charge in [-0.05, 0) is 53.2 Å². The van der Waals surface area contributed by atoms with Crippen LogP contribution in [0.5, 0.6) is 5.75 Å². The van der Waals surface area contributed by atoms with Crippen LogP contribution in [0.1, 0.15) is 43.0 Å². The van der Waals surface area contributed by atoms with Gasteiger partial charge in [0.2, 0.25) is 0 Å². The molecule has 1 aliphatic carbocycles. The molecule has 2 atom stereocenters. The van der Waals surface area contributed by atoms with E-state index in [1.807, 2.05) is 0 Å². The van der Waals surface area contributed by atoms with Gasteiger partial charge in [0.25, 0.3) is 0 Å². The topological polar surface area (TPSA) is 46.5 Å². The standard InChI is InChI=1S/C14H17BrO3/c1-9-4-2-5-10(8-9)18-12-7-3-6-11(15)13(12)14(16)17/h3,6-7,9-10H,2,4-5,8H2,1H3,(H,16,17). The van der Waals surface area contributed by atoms with Crippen molar-refractivity contribution in [1.29, 1.82) is 0 Å². The van der Waals surface area contributed by atoms with Crippen LogP contribution in [-0.2, 0) is 0 Å². The molecule has 0 radical (unpaired) electrons. The quantitative estimate of drug-likeness (QED) is 0.913. The van der Waals surface area contributed by atoms with Crippen LogP contribution in [0.15, 0.2) is 22.7 Å². The predicted molar refractivity (Wildman–Crippen MR) is 73.1 cm³/mol. The van der Waals surface area contributed by atoms with E-state index in [0.29, 0.717) is 16.1 Å². The summed E-state index contributed by atoms with van der Waals surface area (Å²) in [5.74, 6) is 0.168. The average Bonchev–Trinajstić information content (AvgIpc) is 2.28. The molecule has 0 aromatic heterocycles. The first-order chi connectivity index (χ1) is 8.58. The smallest absolute Gasteiger partial charge is 0.340 e. The third kappa shape index (κ3) is 3.05. The molecular weight excluding hydrogens is 296 g/mol. The van der Waals surface area contributed by atoms with Gasteiger partial charge in [0.15, 0.2) is 0 Å². The summed E-state index contributed by atoms with van der Waals surface area (Å²) in [6.45, 7) is 2.22. The molecule has 0 spiro atoms. The molecule has 0 saturated heterocycles. The molecule has 1 aromatic carbocycles. The fraction of sp³-hybridized carbons (Fsp3) is 0.500. The number of halogens is 1. The number of carbonyl (C=O) groups is 1. The highest BCUT2D eigenvalue weighted by molar-refractivity contribution is 9.10. The monoisotopic (exact) mass is 312 g/mol. The van der Waals surface area contributed by atoms with E-state index in [1.165, 1.54) is 6.42 Å². The Bertz CT molecular complexity index is 445. The van der Waals surface area contributed by atoms with Crippen LogP contribution in [0, 0.1) is 5.92 Å². The number of aromatic carboxylic acids is 1. The van der Waals surface area contributed by atoms with Crippen molar-refractivity contribution >= 4 is 21.9 Å². The SMILES string of the molecule is CC1CCCC(Oc2cccc(Br)c2C(=O)O)C1. The van der Waals surface area contributed by atoms with E-state index in [2.05, 4.69) is 22.9 Å². The zero-order chi connectivity index (χ0) is 13.1. The van der Waals surface area contributed by atoms with Gasteiger partial charge in [-0.1, -0.05) is 19.4 Å². The first-order valence-corrected chi connectivity index (χ1v) is 7.05. The minimum Gasteiger partial charge on any atom is -0.489 e. The molecule has 1 aromatic rings. The predicted octanol–water partition coefficient (Wildman–Crippen LogP) is 4.10. The highest BCUT2D eigenvalue weighted by Crippen LogP contribution is 2.31. The number of hydrogen-bond donors (Lipinski definition) is 1. The second kappa shape index (κ2) is 5.74. The summed E-state index contributed by atoms with van der Waals surface area (Å²) in [5, 5.41) is 9.22. The van der Waals surface area contributed by atoms with Gasteiger partial charge in [-0.15, -0.1) is 0 Å². The Hall–Kier alpha value is -1.03. The fourth-order valence-electron chi connectivity index (χ4n) is 2.48. The van der Waals surface area contributed by atoms with Crippen LogP contribution in [0.4, 0.5) is 0 Å². The van der Waals surface area contributed by atoms with Gasteiger partial charge in [-0.2, -0.15) is 0 Å². The summed E-state index contributed by atoms with van der Waals surface area (Å²) in [6.07, 6.45) is 4.55. The first kappa shape index (κ1) is 13.4. The molecule has 1 N–H and O–H groups in total. The number of carboxylic acid groups (broad SMARTS) is 1. The molecule has 0 heterocycles. The van der Waals surface area contributed by atoms with Crippen molar-refractivity contribution in [2.45, 2.75) is 38.7 Å². The van der Waals surface area contributed by atoms with Gasteiger partial charge >= 0.3 is 5.97 Å². The Labute approximate surface area is 115 Å². The molecule has 4 heteroatoms. The molecule has 1 fully saturated rings. The van der Waals surface area contributed by atoms with Gasteiger partial charge in [0.05, 0.1) is 6.10 Å². The molecule has 0 aliphatic heterocycles. The lowest BCUT2D eigenvalue weighted by molar-refractivity contribution is 0.0682. The number of carboxylic acids is 1. The molecule has 1 aliphatic rings. The molecule has 0 bridgehead atoms. The summed E-state index contributed by atoms with van der Waals surface area (Å²) in [5.41, 5.74) is 0.218. The number of hydrogen-bond acceptors (Lipinski definition) is 2. The highest BCUT2D eigenvalue weighted by atomic mass is 79.9. The van der Waals surface area contributed by atoms with Crippen LogP contribution in [-0.4, -0.2) is 17.2 Å². The Morgan fingerprint density at radius 2 is 2.22 bits per heavy atom. The van der Waals surface area contributed by atoms with Crippen molar-refractivity contribution in [3.05, 3.63) is 28.2 Å². The van der Waals surface area contributed by atoms with Crippen molar-refractivity contribution in [3.63, 3.8) is 0 Å². The molecule has 18 heavy (non-hydrogen) atoms. The lowest BCUT2D eigenvalue weighted by atomic mass is 9.88. The van der Waals surface area contributed by atoms with Crippen LogP contribution < -0.4 is 4.74 Å². The highest BCUT2D eigenvalue weighted by Gasteiger charge is 2.23. The van der Waals surface area contributed by atoms with Crippen LogP contribution >= 0.6 is 15.9 Å². The van der Waals surface area contributed by atoms with E-state index in [9.17, 15) is 9.90 Å². The van der Waals surface area contributed by atoms with E-state index < -0.39 is 5.97 Å². The summed E-state index contributed by atoms with van der Waals surface area (Å²) in [6, 6.07) is 5.26. The van der Waals surface area contributed by atoms with Crippen molar-refractivity contribution in [1.82, 2.24) is 0 Å². The Morgan fingerprint density at radius 3 is 2.89 bits per heavy atom. The zero-order valence-electron chi connectivity index (χ0n) is 10.4. The molecule has 98 valence electrons. The normalized spacial score (nSPS) is 23.7. The Kier molecular flexibility index (Phi) is 4.27. The minimum absolute atomic E-state index is 0.140. The van der Waals surface area contributed by atoms with Crippen LogP contribution in [0.25, 0.3) is 0 Å². The second-order valence-corrected chi connectivity index (χ2v) is 5.78. The molecular formula is C14H17BrO3. The fourth-order valence-corrected chi connectivity index (χ4v) is 2.99. The number of ether oxygens (including phenoxy) is 1. The minimum atomic E-state index is -0.957. The first-order valence-electron chi connectivity index (χ1n) is 6.26. The maximum atomic E-state index is 11.2. The number of benzene rings is 1. The lowest BCUT2D eigenvalue weighted by Crippen LogP contribution is -2.24. The van der Waals surface area contributed by atoms with Crippen LogP contribution in [0.2, 0.25) is 0 Å². The summed E-state index contributed by atoms with van der Waals surface area (Å²) in [7, 11) is 0. The van der Waals surface area contributed by atoms with Gasteiger partial charge < -0.3 is 9.84 Å². The average molecular weight is 313 g/mol. The van der Waals surface area contributed by atoms with E-state index in [4.69, 9.17) is 4.74 Å². The van der Waals surface area contributed by atoms with E-state index in [0.717, 1.165) is 19.3 Å². The van der Waals surface area contributed by atoms with Crippen molar-refractivity contribution < 1.29 is 14.6 Å². The van der Waals surface area contributed by atoms with E-state index >= 15 is 0 Å². The molecule has 2 unspecified atom stereocenters. The van der Waals surface area contributed by atoms with E-state index in [1.54, 1.807) is 18.2 Å². The van der Waals surface area contributed by atoms with Gasteiger partial charge in [0.1, 0.15) is 11.3 Å². The van der Waals surface area contributed by atoms with Crippen molar-refractivity contribution in [2.24, 2.45) is 5.92 Å². The van der Waals surface area contributed by atoms with Gasteiger partial charge in [-0.3, -0.25) is 0 Å². The summed E-state index contributed by atoms with van der Waals surface area (Å²) in [4.78, 5) is 11.2. The summed E-state index contributed by atoms with van der Waals surface area (Å²) < 4.78 is 6.45. The molecule has 3 nitrogen and oxygen atoms in total. The van der Waals surface area contributed by atoms with Crippen molar-refractivity contribution in [3.8, 4) is 5.75 Å². The van der Waals surface area contributed by atoms with Gasteiger partial charge in [-0.25, -0.2) is 4.79 Å². The maximum Gasteiger partial charge on any atom is 0.340 e. The lowest BCUT2D eigenvalue weighted by Gasteiger charge is -2.28. The largest absolute Gasteiger partial charge is 0.489 e. The Balaban J connectivity index is 2.18. The Morgan fingerprint density at radius 1 is 1.44 bits per heavy atom. The molecule has 2 rings (SSSR count).